The van der Waals surface area contributed by atoms with Crippen molar-refractivity contribution in [3.05, 3.63) is 70.3 Å². The summed E-state index contributed by atoms with van der Waals surface area (Å²) >= 11 is 0. The maximum Gasteiger partial charge on any atom is 0.339 e. The standard InChI is InChI=1S/C35H34N4O5/c1-3-5-7-13-19-20(14-8-6-4-2)28(31(36)39-34(43)38-35(39)44)30-27-23(17-24(33(41)42)29(30)32(37)40)21-15-9-11-18-12-10-16-22(25(18)21)26(19)27/h9-12,15-17,36H,3-8,13-14H2,1-2H3,(H2,37,40)(H,41,42)(H,38,43,44). The molecule has 0 bridgehead atoms. The van der Waals surface area contributed by atoms with Crippen LogP contribution in [0.25, 0.3) is 43.1 Å². The van der Waals surface area contributed by atoms with E-state index >= 15 is 0 Å². The summed E-state index contributed by atoms with van der Waals surface area (Å²) in [4.78, 5) is 52.0. The number of imide groups is 2. The Kier molecular flexibility index (Phi) is 7.41. The van der Waals surface area contributed by atoms with E-state index in [4.69, 9.17) is 5.73 Å². The SMILES string of the molecule is CCCCCc1c(C(=N)N2C(=O)NC2=O)c2c(C(N)=O)c(C(=O)O)cc3c4cccc5cccc(c(c1CCCCC)c23)c54. The Bertz CT molecular complexity index is 2030. The van der Waals surface area contributed by atoms with Crippen molar-refractivity contribution in [3.63, 3.8) is 0 Å². The fraction of sp³-hybridized carbons (Fsp3) is 0.286. The lowest BCUT2D eigenvalue weighted by Crippen LogP contribution is -2.63. The van der Waals surface area contributed by atoms with E-state index in [1.807, 2.05) is 30.3 Å². The summed E-state index contributed by atoms with van der Waals surface area (Å²) in [6.45, 7) is 4.22. The average Bonchev–Trinajstić information content (AvgIpc) is 2.99. The van der Waals surface area contributed by atoms with E-state index < -0.39 is 23.9 Å². The molecule has 5 amide bonds. The molecule has 0 saturated carbocycles. The number of carbonyl (C=O) groups excluding carboxylic acids is 3. The van der Waals surface area contributed by atoms with E-state index in [1.54, 1.807) is 0 Å². The molecule has 1 fully saturated rings. The molecule has 5 aromatic carbocycles. The highest BCUT2D eigenvalue weighted by atomic mass is 16.4. The number of benzene rings is 5. The largest absolute Gasteiger partial charge is 0.478 e. The minimum atomic E-state index is -1.33. The van der Waals surface area contributed by atoms with Crippen molar-refractivity contribution in [2.24, 2.45) is 5.73 Å². The van der Waals surface area contributed by atoms with Gasteiger partial charge in [0.05, 0.1) is 11.1 Å². The molecule has 0 atom stereocenters. The van der Waals surface area contributed by atoms with Gasteiger partial charge >= 0.3 is 18.0 Å². The molecule has 0 radical (unpaired) electrons. The zero-order valence-electron chi connectivity index (χ0n) is 24.8. The maximum absolute atomic E-state index is 13.3. The summed E-state index contributed by atoms with van der Waals surface area (Å²) < 4.78 is 0. The zero-order valence-corrected chi connectivity index (χ0v) is 24.8. The Morgan fingerprint density at radius 3 is 1.98 bits per heavy atom. The molecule has 6 rings (SSSR count). The van der Waals surface area contributed by atoms with Gasteiger partial charge < -0.3 is 10.8 Å². The lowest BCUT2D eigenvalue weighted by molar-refractivity contribution is 0.0692. The molecule has 0 spiro atoms. The van der Waals surface area contributed by atoms with Gasteiger partial charge in [0.1, 0.15) is 5.84 Å². The van der Waals surface area contributed by atoms with Gasteiger partial charge in [0.25, 0.3) is 0 Å². The van der Waals surface area contributed by atoms with Crippen LogP contribution in [0, 0.1) is 5.41 Å². The molecular weight excluding hydrogens is 556 g/mol. The number of carboxylic acid groups (broad SMARTS) is 1. The van der Waals surface area contributed by atoms with Crippen molar-refractivity contribution >= 4 is 72.9 Å². The van der Waals surface area contributed by atoms with Crippen molar-refractivity contribution in [1.82, 2.24) is 10.2 Å². The number of carbonyl (C=O) groups is 4. The molecule has 1 saturated heterocycles. The molecule has 0 aromatic heterocycles. The number of unbranched alkanes of at least 4 members (excludes halogenated alkanes) is 4. The number of aryl methyl sites for hydroxylation is 1. The molecule has 0 aliphatic carbocycles. The van der Waals surface area contributed by atoms with Crippen LogP contribution in [0.4, 0.5) is 9.59 Å². The van der Waals surface area contributed by atoms with Crippen LogP contribution in [0.2, 0.25) is 0 Å². The van der Waals surface area contributed by atoms with Gasteiger partial charge in [-0.2, -0.15) is 4.90 Å². The minimum Gasteiger partial charge on any atom is -0.478 e. The summed E-state index contributed by atoms with van der Waals surface area (Å²) in [6.07, 6.45) is 6.64. The van der Waals surface area contributed by atoms with Crippen LogP contribution in [0.5, 0.6) is 0 Å². The van der Waals surface area contributed by atoms with Crippen LogP contribution >= 0.6 is 0 Å². The molecule has 44 heavy (non-hydrogen) atoms. The van der Waals surface area contributed by atoms with Crippen molar-refractivity contribution in [2.75, 3.05) is 0 Å². The number of fused-ring (bicyclic) bond motifs is 2. The molecule has 9 heteroatoms. The van der Waals surface area contributed by atoms with E-state index in [2.05, 4.69) is 25.2 Å². The number of nitrogens with zero attached hydrogens (tertiary/aromatic N) is 1. The van der Waals surface area contributed by atoms with Crippen LogP contribution in [0.15, 0.2) is 42.5 Å². The molecule has 9 nitrogen and oxygen atoms in total. The summed E-state index contributed by atoms with van der Waals surface area (Å²) in [5, 5.41) is 27.9. The molecule has 0 unspecified atom stereocenters. The number of carboxylic acids is 1. The topological polar surface area (TPSA) is 154 Å². The second-order valence-electron chi connectivity index (χ2n) is 11.5. The van der Waals surface area contributed by atoms with Gasteiger partial charge in [0.15, 0.2) is 0 Å². The summed E-state index contributed by atoms with van der Waals surface area (Å²) in [5.41, 5.74) is 7.43. The molecule has 5 aromatic rings. The van der Waals surface area contributed by atoms with E-state index in [9.17, 15) is 29.7 Å². The van der Waals surface area contributed by atoms with Crippen molar-refractivity contribution in [2.45, 2.75) is 65.2 Å². The monoisotopic (exact) mass is 590 g/mol. The molecule has 1 aliphatic rings. The Labute approximate surface area is 253 Å². The Morgan fingerprint density at radius 2 is 1.41 bits per heavy atom. The highest BCUT2D eigenvalue weighted by Gasteiger charge is 2.40. The number of urea groups is 2. The van der Waals surface area contributed by atoms with Gasteiger partial charge in [-0.3, -0.25) is 15.5 Å². The van der Waals surface area contributed by atoms with E-state index in [0.717, 1.165) is 81.5 Å². The number of nitrogens with two attached hydrogens (primary N) is 1. The fourth-order valence-corrected chi connectivity index (χ4v) is 6.98. The van der Waals surface area contributed by atoms with Gasteiger partial charge in [-0.1, -0.05) is 75.9 Å². The number of nitrogens with one attached hydrogen (secondary N) is 2. The zero-order chi connectivity index (χ0) is 31.3. The van der Waals surface area contributed by atoms with Crippen LogP contribution in [-0.2, 0) is 12.8 Å². The molecule has 1 heterocycles. The third-order valence-electron chi connectivity index (χ3n) is 8.88. The Balaban J connectivity index is 1.93. The van der Waals surface area contributed by atoms with E-state index in [-0.39, 0.29) is 27.9 Å². The quantitative estimate of drug-likeness (QED) is 0.0413. The summed E-state index contributed by atoms with van der Waals surface area (Å²) in [7, 11) is 0. The first-order valence-corrected chi connectivity index (χ1v) is 15.2. The second kappa shape index (κ2) is 11.2. The van der Waals surface area contributed by atoms with Crippen molar-refractivity contribution in [3.8, 4) is 0 Å². The second-order valence-corrected chi connectivity index (χ2v) is 11.5. The van der Waals surface area contributed by atoms with Gasteiger partial charge in [0.2, 0.25) is 5.91 Å². The number of hydrogen-bond donors (Lipinski definition) is 4. The number of primary amides is 1. The smallest absolute Gasteiger partial charge is 0.339 e. The lowest BCUT2D eigenvalue weighted by Gasteiger charge is -2.32. The van der Waals surface area contributed by atoms with Gasteiger partial charge in [0, 0.05) is 10.9 Å². The molecule has 224 valence electrons. The first-order chi connectivity index (χ1) is 21.2. The Hall–Kier alpha value is -5.05. The third-order valence-corrected chi connectivity index (χ3v) is 8.88. The highest BCUT2D eigenvalue weighted by Crippen LogP contribution is 2.47. The highest BCUT2D eigenvalue weighted by molar-refractivity contribution is 6.40. The number of hydrogen-bond acceptors (Lipinski definition) is 5. The molecule has 1 aliphatic heterocycles. The predicted molar refractivity (Wildman–Crippen MR) is 172 cm³/mol. The van der Waals surface area contributed by atoms with E-state index in [0.29, 0.717) is 23.6 Å². The van der Waals surface area contributed by atoms with Crippen LogP contribution in [-0.4, -0.2) is 39.8 Å². The van der Waals surface area contributed by atoms with Crippen LogP contribution in [0.1, 0.15) is 89.8 Å². The minimum absolute atomic E-state index is 0.206. The van der Waals surface area contributed by atoms with Crippen LogP contribution in [0.3, 0.4) is 0 Å². The maximum atomic E-state index is 13.3. The van der Waals surface area contributed by atoms with E-state index in [1.165, 1.54) is 6.07 Å². The average molecular weight is 591 g/mol. The van der Waals surface area contributed by atoms with Crippen LogP contribution < -0.4 is 11.1 Å². The van der Waals surface area contributed by atoms with Crippen molar-refractivity contribution < 1.29 is 24.3 Å². The van der Waals surface area contributed by atoms with Crippen molar-refractivity contribution in [1.29, 1.82) is 5.41 Å². The summed E-state index contributed by atoms with van der Waals surface area (Å²) in [6, 6.07) is 12.0. The number of rotatable bonds is 11. The normalized spacial score (nSPS) is 13.3. The van der Waals surface area contributed by atoms with Gasteiger partial charge in [-0.25, -0.2) is 14.4 Å². The molecule has 5 N–H and O–H groups in total. The predicted octanol–water partition coefficient (Wildman–Crippen LogP) is 7.47. The number of amides is 5. The number of amidine groups is 1. The lowest BCUT2D eigenvalue weighted by atomic mass is 9.78. The fourth-order valence-electron chi connectivity index (χ4n) is 6.98. The summed E-state index contributed by atoms with van der Waals surface area (Å²) in [5.74, 6) is -2.68. The molecular formula is C35H34N4O5. The van der Waals surface area contributed by atoms with Gasteiger partial charge in [-0.15, -0.1) is 0 Å². The van der Waals surface area contributed by atoms with Gasteiger partial charge in [-0.05, 0) is 80.6 Å². The first-order valence-electron chi connectivity index (χ1n) is 15.2. The first kappa shape index (κ1) is 29.0. The Morgan fingerprint density at radius 1 is 0.795 bits per heavy atom. The third kappa shape index (κ3) is 4.34. The number of aromatic carboxylic acids is 1.